The molecule has 2 aliphatic rings. The van der Waals surface area contributed by atoms with Gasteiger partial charge < -0.3 is 10.2 Å². The molecule has 2 aliphatic heterocycles. The lowest BCUT2D eigenvalue weighted by Gasteiger charge is -2.40. The van der Waals surface area contributed by atoms with Gasteiger partial charge in [0.05, 0.1) is 18.9 Å². The fourth-order valence-electron chi connectivity index (χ4n) is 2.03. The molecule has 2 unspecified atom stereocenters. The normalized spacial score (nSPS) is 31.8. The summed E-state index contributed by atoms with van der Waals surface area (Å²) in [5.74, 6) is -0.250. The van der Waals surface area contributed by atoms with E-state index in [9.17, 15) is 4.79 Å². The van der Waals surface area contributed by atoms with Crippen molar-refractivity contribution in [2.24, 2.45) is 4.99 Å². The van der Waals surface area contributed by atoms with E-state index in [1.165, 1.54) is 6.92 Å². The van der Waals surface area contributed by atoms with E-state index in [1.54, 1.807) is 11.4 Å². The van der Waals surface area contributed by atoms with Crippen molar-refractivity contribution in [2.45, 2.75) is 31.8 Å². The molecule has 2 atom stereocenters. The third-order valence-electron chi connectivity index (χ3n) is 2.65. The molecule has 1 N–H and O–H groups in total. The molecule has 0 aromatic rings. The highest BCUT2D eigenvalue weighted by molar-refractivity contribution is 5.65. The Morgan fingerprint density at radius 1 is 1.71 bits per heavy atom. The van der Waals surface area contributed by atoms with E-state index >= 15 is 0 Å². The van der Waals surface area contributed by atoms with Gasteiger partial charge in [-0.2, -0.15) is 0 Å². The van der Waals surface area contributed by atoms with Crippen LogP contribution in [0.1, 0.15) is 19.8 Å². The molecular formula is C9H15N3O2. The monoisotopic (exact) mass is 197 g/mol. The Labute approximate surface area is 83.1 Å². The molecule has 0 aromatic heterocycles. The minimum Gasteiger partial charge on any atom is -0.372 e. The molecule has 1 fully saturated rings. The summed E-state index contributed by atoms with van der Waals surface area (Å²) in [6, 6.07) is 0.582. The molecule has 5 heteroatoms. The molecule has 0 amide bonds. The number of carbonyl (C=O) groups excluding carboxylic acids is 1. The minimum atomic E-state index is -0.250. The highest BCUT2D eigenvalue weighted by Gasteiger charge is 2.34. The van der Waals surface area contributed by atoms with Crippen molar-refractivity contribution in [3.05, 3.63) is 0 Å². The van der Waals surface area contributed by atoms with Crippen LogP contribution in [0.2, 0.25) is 0 Å². The van der Waals surface area contributed by atoms with Crippen LogP contribution in [0.5, 0.6) is 0 Å². The highest BCUT2D eigenvalue weighted by atomic mass is 16.7. The summed E-state index contributed by atoms with van der Waals surface area (Å²) < 4.78 is 0. The van der Waals surface area contributed by atoms with Crippen LogP contribution in [0.4, 0.5) is 0 Å². The lowest BCUT2D eigenvalue weighted by atomic mass is 9.97. The second kappa shape index (κ2) is 3.96. The van der Waals surface area contributed by atoms with E-state index in [0.29, 0.717) is 12.6 Å². The van der Waals surface area contributed by atoms with E-state index in [1.807, 2.05) is 0 Å². The van der Waals surface area contributed by atoms with Crippen molar-refractivity contribution >= 4 is 12.3 Å². The van der Waals surface area contributed by atoms with Crippen LogP contribution in [-0.4, -0.2) is 42.5 Å². The van der Waals surface area contributed by atoms with Crippen molar-refractivity contribution < 1.29 is 9.63 Å². The summed E-state index contributed by atoms with van der Waals surface area (Å²) in [7, 11) is 0. The first kappa shape index (κ1) is 9.45. The molecule has 0 aromatic carbocycles. The van der Waals surface area contributed by atoms with Crippen LogP contribution < -0.4 is 5.32 Å². The Hall–Kier alpha value is -1.10. The Morgan fingerprint density at radius 2 is 2.57 bits per heavy atom. The molecule has 0 radical (unpaired) electrons. The standard InChI is InChI=1S/C9H15N3O2/c1-7(13)14-12-4-2-3-8-9(12)5-10-6-11-8/h6,8-9H,2-5H2,1H3,(H,10,11). The zero-order valence-corrected chi connectivity index (χ0v) is 8.27. The van der Waals surface area contributed by atoms with Crippen molar-refractivity contribution in [1.29, 1.82) is 0 Å². The van der Waals surface area contributed by atoms with Crippen LogP contribution in [-0.2, 0) is 9.63 Å². The van der Waals surface area contributed by atoms with Crippen molar-refractivity contribution in [3.63, 3.8) is 0 Å². The van der Waals surface area contributed by atoms with E-state index in [2.05, 4.69) is 10.3 Å². The number of hydrogen-bond acceptors (Lipinski definition) is 5. The van der Waals surface area contributed by atoms with Gasteiger partial charge in [-0.1, -0.05) is 0 Å². The quantitative estimate of drug-likeness (QED) is 0.639. The van der Waals surface area contributed by atoms with E-state index in [-0.39, 0.29) is 12.0 Å². The molecule has 14 heavy (non-hydrogen) atoms. The van der Waals surface area contributed by atoms with Gasteiger partial charge in [-0.05, 0) is 12.8 Å². The molecule has 0 aliphatic carbocycles. The van der Waals surface area contributed by atoms with Crippen LogP contribution in [0.15, 0.2) is 4.99 Å². The smallest absolute Gasteiger partial charge is 0.322 e. The summed E-state index contributed by atoms with van der Waals surface area (Å²) in [4.78, 5) is 20.2. The number of aliphatic imine (C=N–C) groups is 1. The van der Waals surface area contributed by atoms with Crippen LogP contribution in [0, 0.1) is 0 Å². The van der Waals surface area contributed by atoms with Gasteiger partial charge in [-0.15, -0.1) is 5.06 Å². The minimum absolute atomic E-state index is 0.206. The van der Waals surface area contributed by atoms with Crippen LogP contribution in [0.3, 0.4) is 0 Å². The summed E-state index contributed by atoms with van der Waals surface area (Å²) >= 11 is 0. The highest BCUT2D eigenvalue weighted by Crippen LogP contribution is 2.19. The fourth-order valence-corrected chi connectivity index (χ4v) is 2.03. The Kier molecular flexibility index (Phi) is 2.67. The number of rotatable bonds is 1. The molecule has 0 spiro atoms. The van der Waals surface area contributed by atoms with Gasteiger partial charge in [0, 0.05) is 19.5 Å². The first-order valence-corrected chi connectivity index (χ1v) is 4.97. The second-order valence-electron chi connectivity index (χ2n) is 3.70. The third kappa shape index (κ3) is 1.87. The molecule has 0 bridgehead atoms. The maximum atomic E-state index is 10.9. The molecule has 78 valence electrons. The van der Waals surface area contributed by atoms with Gasteiger partial charge in [0.25, 0.3) is 0 Å². The number of fused-ring (bicyclic) bond motifs is 1. The third-order valence-corrected chi connectivity index (χ3v) is 2.65. The molecule has 2 rings (SSSR count). The summed E-state index contributed by atoms with van der Waals surface area (Å²) in [6.07, 6.45) is 3.92. The number of nitrogens with zero attached hydrogens (tertiary/aromatic N) is 2. The first-order chi connectivity index (χ1) is 6.77. The second-order valence-corrected chi connectivity index (χ2v) is 3.70. The molecule has 2 heterocycles. The van der Waals surface area contributed by atoms with Gasteiger partial charge in [-0.3, -0.25) is 9.79 Å². The van der Waals surface area contributed by atoms with E-state index in [4.69, 9.17) is 4.84 Å². The largest absolute Gasteiger partial charge is 0.372 e. The number of hydroxylamine groups is 2. The Bertz CT molecular complexity index is 254. The topological polar surface area (TPSA) is 53.9 Å². The van der Waals surface area contributed by atoms with Gasteiger partial charge in [-0.25, -0.2) is 0 Å². The Balaban J connectivity index is 2.02. The van der Waals surface area contributed by atoms with Crippen LogP contribution >= 0.6 is 0 Å². The summed E-state index contributed by atoms with van der Waals surface area (Å²) in [5, 5.41) is 4.96. The predicted octanol–water partition coefficient (Wildman–Crippen LogP) is -0.0710. The Morgan fingerprint density at radius 3 is 3.36 bits per heavy atom. The number of piperidine rings is 1. The van der Waals surface area contributed by atoms with Crippen LogP contribution in [0.25, 0.3) is 0 Å². The van der Waals surface area contributed by atoms with Crippen molar-refractivity contribution in [1.82, 2.24) is 10.4 Å². The summed E-state index contributed by atoms with van der Waals surface area (Å²) in [6.45, 7) is 2.96. The van der Waals surface area contributed by atoms with Crippen molar-refractivity contribution in [3.8, 4) is 0 Å². The fraction of sp³-hybridized carbons (Fsp3) is 0.778. The van der Waals surface area contributed by atoms with Crippen molar-refractivity contribution in [2.75, 3.05) is 13.1 Å². The lowest BCUT2D eigenvalue weighted by Crippen LogP contribution is -2.57. The van der Waals surface area contributed by atoms with E-state index in [0.717, 1.165) is 19.4 Å². The van der Waals surface area contributed by atoms with Gasteiger partial charge in [0.1, 0.15) is 0 Å². The summed E-state index contributed by atoms with van der Waals surface area (Å²) in [5.41, 5.74) is 0. The molecular weight excluding hydrogens is 182 g/mol. The number of nitrogens with one attached hydrogen (secondary N) is 1. The molecule has 1 saturated heterocycles. The zero-order chi connectivity index (χ0) is 9.97. The van der Waals surface area contributed by atoms with Gasteiger partial charge in [0.2, 0.25) is 0 Å². The number of hydrogen-bond donors (Lipinski definition) is 1. The maximum absolute atomic E-state index is 10.9. The lowest BCUT2D eigenvalue weighted by molar-refractivity contribution is -0.207. The SMILES string of the molecule is CC(=O)ON1CCCC2NC=NCC21. The molecule has 5 nitrogen and oxygen atoms in total. The van der Waals surface area contributed by atoms with Gasteiger partial charge >= 0.3 is 5.97 Å². The maximum Gasteiger partial charge on any atom is 0.322 e. The average Bonchev–Trinajstić information content (AvgIpc) is 2.18. The molecule has 0 saturated carbocycles. The van der Waals surface area contributed by atoms with Gasteiger partial charge in [0.15, 0.2) is 0 Å². The predicted molar refractivity (Wildman–Crippen MR) is 51.8 cm³/mol. The number of carbonyl (C=O) groups is 1. The zero-order valence-electron chi connectivity index (χ0n) is 8.27. The average molecular weight is 197 g/mol. The van der Waals surface area contributed by atoms with E-state index < -0.39 is 0 Å². The first-order valence-electron chi connectivity index (χ1n) is 4.97.